The Hall–Kier alpha value is -0.0900. The SMILES string of the molecule is CC(=O)/N=[SH](=O)\Cl. The molecule has 7 heavy (non-hydrogen) atoms. The van der Waals surface area contributed by atoms with Crippen LogP contribution in [0.3, 0.4) is 0 Å². The minimum atomic E-state index is -2.14. The number of halogens is 1. The molecule has 0 N–H and O–H groups in total. The molecule has 0 aliphatic carbocycles. The number of hydrogen-bond acceptors (Lipinski definition) is 2. The molecule has 0 saturated carbocycles. The highest BCUT2D eigenvalue weighted by Crippen LogP contribution is 1.79. The molecule has 0 aromatic rings. The zero-order chi connectivity index (χ0) is 5.86. The van der Waals surface area contributed by atoms with Gasteiger partial charge in [-0.25, -0.2) is 4.21 Å². The van der Waals surface area contributed by atoms with E-state index in [0.717, 1.165) is 0 Å². The van der Waals surface area contributed by atoms with Gasteiger partial charge in [-0.1, -0.05) is 0 Å². The van der Waals surface area contributed by atoms with E-state index >= 15 is 0 Å². The van der Waals surface area contributed by atoms with Crippen molar-refractivity contribution in [3.05, 3.63) is 0 Å². The van der Waals surface area contributed by atoms with Gasteiger partial charge in [-0.2, -0.15) is 4.36 Å². The van der Waals surface area contributed by atoms with Gasteiger partial charge in [0.05, 0.1) is 0 Å². The first-order chi connectivity index (χ1) is 3.13. The normalized spacial score (nSPS) is 14.0. The zero-order valence-corrected chi connectivity index (χ0v) is 5.24. The summed E-state index contributed by atoms with van der Waals surface area (Å²) in [6.45, 7) is 1.19. The summed E-state index contributed by atoms with van der Waals surface area (Å²) in [4.78, 5) is 9.82. The van der Waals surface area contributed by atoms with E-state index in [2.05, 4.69) is 4.36 Å². The summed E-state index contributed by atoms with van der Waals surface area (Å²) in [5.41, 5.74) is 0. The third kappa shape index (κ3) is 5.91. The molecule has 1 atom stereocenters. The zero-order valence-electron chi connectivity index (χ0n) is 3.59. The van der Waals surface area contributed by atoms with E-state index in [1.807, 2.05) is 0 Å². The molecule has 0 spiro atoms. The van der Waals surface area contributed by atoms with Crippen molar-refractivity contribution in [2.24, 2.45) is 4.36 Å². The first kappa shape index (κ1) is 6.91. The average molecular weight is 142 g/mol. The third-order valence-electron chi connectivity index (χ3n) is 0.219. The Labute approximate surface area is 47.4 Å². The van der Waals surface area contributed by atoms with E-state index in [0.29, 0.717) is 0 Å². The van der Waals surface area contributed by atoms with Crippen LogP contribution in [0.15, 0.2) is 4.36 Å². The Morgan fingerprint density at radius 1 is 1.86 bits per heavy atom. The minimum Gasteiger partial charge on any atom is -0.272 e. The van der Waals surface area contributed by atoms with Gasteiger partial charge in [0.2, 0.25) is 0 Å². The van der Waals surface area contributed by atoms with Gasteiger partial charge < -0.3 is 0 Å². The van der Waals surface area contributed by atoms with Crippen LogP contribution < -0.4 is 0 Å². The van der Waals surface area contributed by atoms with Crippen LogP contribution in [0.4, 0.5) is 0 Å². The Morgan fingerprint density at radius 2 is 2.29 bits per heavy atom. The second-order valence-electron chi connectivity index (χ2n) is 0.845. The van der Waals surface area contributed by atoms with Crippen molar-refractivity contribution in [2.45, 2.75) is 6.92 Å². The van der Waals surface area contributed by atoms with Gasteiger partial charge in [-0.3, -0.25) is 4.79 Å². The number of carbonyl (C=O) groups excluding carboxylic acids is 1. The quantitative estimate of drug-likeness (QED) is 0.391. The van der Waals surface area contributed by atoms with Gasteiger partial charge in [0.1, 0.15) is 9.81 Å². The lowest BCUT2D eigenvalue weighted by Gasteiger charge is -1.70. The standard InChI is InChI=1S/C2H4ClNO2S/c1-2(5)4-7(3)6/h7H,1H3. The Balaban J connectivity index is 3.95. The molecule has 0 saturated heterocycles. The summed E-state index contributed by atoms with van der Waals surface area (Å²) in [6, 6.07) is 0. The van der Waals surface area contributed by atoms with E-state index in [-0.39, 0.29) is 0 Å². The van der Waals surface area contributed by atoms with Gasteiger partial charge in [-0.05, 0) is 10.7 Å². The van der Waals surface area contributed by atoms with E-state index in [1.54, 1.807) is 0 Å². The molecule has 1 amide bonds. The summed E-state index contributed by atoms with van der Waals surface area (Å²) in [5, 5.41) is 0. The van der Waals surface area contributed by atoms with Gasteiger partial charge >= 0.3 is 0 Å². The molecule has 5 heteroatoms. The van der Waals surface area contributed by atoms with Gasteiger partial charge in [-0.15, -0.1) is 0 Å². The predicted octanol–water partition coefficient (Wildman–Crippen LogP) is 0.351. The Kier molecular flexibility index (Phi) is 2.95. The molecule has 0 bridgehead atoms. The van der Waals surface area contributed by atoms with Crippen LogP contribution in [0, 0.1) is 0 Å². The van der Waals surface area contributed by atoms with E-state index in [4.69, 9.17) is 10.7 Å². The van der Waals surface area contributed by atoms with Crippen molar-refractivity contribution in [2.75, 3.05) is 0 Å². The fourth-order valence-electron chi connectivity index (χ4n) is 0.111. The molecule has 0 aromatic carbocycles. The maximum atomic E-state index is 9.82. The van der Waals surface area contributed by atoms with E-state index < -0.39 is 15.7 Å². The van der Waals surface area contributed by atoms with Crippen LogP contribution in [0.25, 0.3) is 0 Å². The number of thiol groups is 1. The van der Waals surface area contributed by atoms with Crippen LogP contribution in [0.2, 0.25) is 0 Å². The molecule has 0 aliphatic rings. The summed E-state index contributed by atoms with van der Waals surface area (Å²) >= 11 is 0. The van der Waals surface area contributed by atoms with Crippen LogP contribution in [0.1, 0.15) is 6.92 Å². The largest absolute Gasteiger partial charge is 0.272 e. The van der Waals surface area contributed by atoms with E-state index in [1.165, 1.54) is 6.92 Å². The van der Waals surface area contributed by atoms with Crippen molar-refractivity contribution in [3.8, 4) is 0 Å². The lowest BCUT2D eigenvalue weighted by Crippen LogP contribution is -1.78. The van der Waals surface area contributed by atoms with Crippen molar-refractivity contribution in [3.63, 3.8) is 0 Å². The molecule has 0 aliphatic heterocycles. The Morgan fingerprint density at radius 3 is 2.29 bits per heavy atom. The number of amides is 1. The van der Waals surface area contributed by atoms with Crippen molar-refractivity contribution in [1.82, 2.24) is 0 Å². The molecule has 42 valence electrons. The summed E-state index contributed by atoms with van der Waals surface area (Å²) in [6.07, 6.45) is 0. The second kappa shape index (κ2) is 2.98. The molecular formula is C2H4ClNO2S. The first-order valence-electron chi connectivity index (χ1n) is 1.48. The number of carbonyl (C=O) groups is 1. The van der Waals surface area contributed by atoms with Gasteiger partial charge in [0, 0.05) is 6.92 Å². The average Bonchev–Trinajstić information content (AvgIpc) is 1.27. The lowest BCUT2D eigenvalue weighted by molar-refractivity contribution is -0.115. The molecule has 0 rings (SSSR count). The van der Waals surface area contributed by atoms with Crippen LogP contribution in [-0.4, -0.2) is 10.1 Å². The smallest absolute Gasteiger partial charge is 0.251 e. The monoisotopic (exact) mass is 141 g/mol. The molecule has 0 radical (unpaired) electrons. The molecule has 3 nitrogen and oxygen atoms in total. The van der Waals surface area contributed by atoms with Crippen molar-refractivity contribution in [1.29, 1.82) is 0 Å². The highest BCUT2D eigenvalue weighted by Gasteiger charge is 1.79. The van der Waals surface area contributed by atoms with E-state index in [9.17, 15) is 9.00 Å². The molecular weight excluding hydrogens is 138 g/mol. The van der Waals surface area contributed by atoms with Gasteiger partial charge in [0.15, 0.2) is 0 Å². The van der Waals surface area contributed by atoms with Crippen LogP contribution in [-0.2, 0) is 14.6 Å². The minimum absolute atomic E-state index is 0.504. The van der Waals surface area contributed by atoms with Gasteiger partial charge in [0.25, 0.3) is 5.91 Å². The number of rotatable bonds is 0. The molecule has 1 unspecified atom stereocenters. The summed E-state index contributed by atoms with van der Waals surface area (Å²) < 4.78 is 12.7. The van der Waals surface area contributed by atoms with Crippen molar-refractivity contribution >= 4 is 26.4 Å². The highest BCUT2D eigenvalue weighted by molar-refractivity contribution is 8.00. The second-order valence-corrected chi connectivity index (χ2v) is 2.37. The maximum absolute atomic E-state index is 9.82. The Bertz CT molecular complexity index is 148. The molecule has 0 fully saturated rings. The highest BCUT2D eigenvalue weighted by atomic mass is 35.7. The third-order valence-corrected chi connectivity index (χ3v) is 0.885. The fourth-order valence-corrected chi connectivity index (χ4v) is 0.652. The first-order valence-corrected chi connectivity index (χ1v) is 3.60. The predicted molar refractivity (Wildman–Crippen MR) is 28.5 cm³/mol. The fraction of sp³-hybridized carbons (Fsp3) is 0.500. The topological polar surface area (TPSA) is 46.5 Å². The maximum Gasteiger partial charge on any atom is 0.251 e. The molecule has 0 heterocycles. The van der Waals surface area contributed by atoms with Crippen LogP contribution >= 0.6 is 10.7 Å². The van der Waals surface area contributed by atoms with Crippen molar-refractivity contribution < 1.29 is 9.00 Å². The summed E-state index contributed by atoms with van der Waals surface area (Å²) in [7, 11) is 2.65. The summed E-state index contributed by atoms with van der Waals surface area (Å²) in [5.74, 6) is -0.504. The number of hydrogen-bond donors (Lipinski definition) is 1. The number of nitrogens with zero attached hydrogens (tertiary/aromatic N) is 1. The van der Waals surface area contributed by atoms with Crippen LogP contribution in [0.5, 0.6) is 0 Å². The lowest BCUT2D eigenvalue weighted by atomic mass is 10.8. The molecule has 0 aromatic heterocycles.